The molecule has 0 saturated carbocycles. The average molecular weight is 393 g/mol. The minimum absolute atomic E-state index is 0.0457. The highest BCUT2D eigenvalue weighted by molar-refractivity contribution is 5.82. The Kier molecular flexibility index (Phi) is 5.11. The number of carbonyl (C=O) groups is 2. The van der Waals surface area contributed by atoms with Crippen molar-refractivity contribution in [1.82, 2.24) is 4.90 Å². The summed E-state index contributed by atoms with van der Waals surface area (Å²) in [6.07, 6.45) is -0.523. The van der Waals surface area contributed by atoms with Gasteiger partial charge in [0.15, 0.2) is 0 Å². The number of fused-ring (bicyclic) bond motifs is 3. The minimum Gasteiger partial charge on any atom is -0.465 e. The number of ether oxygens (including phenoxy) is 1. The van der Waals surface area contributed by atoms with E-state index < -0.39 is 30.3 Å². The molecule has 1 fully saturated rings. The van der Waals surface area contributed by atoms with E-state index in [-0.39, 0.29) is 18.9 Å². The number of rotatable bonds is 5. The highest BCUT2D eigenvalue weighted by atomic mass is 16.5. The van der Waals surface area contributed by atoms with Gasteiger partial charge in [-0.2, -0.15) is 0 Å². The van der Waals surface area contributed by atoms with E-state index in [9.17, 15) is 19.8 Å². The third-order valence-corrected chi connectivity index (χ3v) is 5.76. The lowest BCUT2D eigenvalue weighted by Crippen LogP contribution is -2.41. The van der Waals surface area contributed by atoms with Crippen molar-refractivity contribution >= 4 is 12.1 Å². The molecular weight excluding hydrogens is 370 g/mol. The summed E-state index contributed by atoms with van der Waals surface area (Å²) in [5, 5.41) is 19.1. The van der Waals surface area contributed by atoms with Crippen molar-refractivity contribution in [1.29, 1.82) is 0 Å². The van der Waals surface area contributed by atoms with Crippen LogP contribution in [0.4, 0.5) is 4.79 Å². The van der Waals surface area contributed by atoms with E-state index in [0.717, 1.165) is 4.90 Å². The Hall–Kier alpha value is -3.12. The van der Waals surface area contributed by atoms with Crippen molar-refractivity contribution in [2.75, 3.05) is 6.54 Å². The third-order valence-electron chi connectivity index (χ3n) is 5.76. The monoisotopic (exact) mass is 393 g/mol. The van der Waals surface area contributed by atoms with Gasteiger partial charge in [0.05, 0.1) is 12.6 Å². The van der Waals surface area contributed by atoms with Gasteiger partial charge in [-0.15, -0.1) is 0 Å². The molecule has 1 amide bonds. The second-order valence-corrected chi connectivity index (χ2v) is 7.51. The Balaban J connectivity index is 1.53. The quantitative estimate of drug-likeness (QED) is 0.601. The van der Waals surface area contributed by atoms with Crippen molar-refractivity contribution in [3.63, 3.8) is 0 Å². The zero-order valence-electron chi connectivity index (χ0n) is 15.9. The lowest BCUT2D eigenvalue weighted by Gasteiger charge is -2.24. The molecule has 1 aliphatic heterocycles. The van der Waals surface area contributed by atoms with Gasteiger partial charge >= 0.3 is 12.1 Å². The SMILES string of the molecule is C=CC(CC1c2ccccc2-c2ccccc21)OC(=O)[C@@H]1C[C@@H](O)CN1C(=O)O. The first-order valence-corrected chi connectivity index (χ1v) is 9.68. The van der Waals surface area contributed by atoms with E-state index in [4.69, 9.17) is 4.74 Å². The molecule has 2 aromatic carbocycles. The third kappa shape index (κ3) is 3.51. The van der Waals surface area contributed by atoms with Crippen LogP contribution < -0.4 is 0 Å². The second-order valence-electron chi connectivity index (χ2n) is 7.51. The van der Waals surface area contributed by atoms with Gasteiger partial charge in [-0.05, 0) is 28.7 Å². The van der Waals surface area contributed by atoms with Crippen LogP contribution in [0.5, 0.6) is 0 Å². The van der Waals surface area contributed by atoms with E-state index in [1.54, 1.807) is 6.08 Å². The number of likely N-dealkylation sites (tertiary alicyclic amines) is 1. The molecule has 1 saturated heterocycles. The Morgan fingerprint density at radius 1 is 1.14 bits per heavy atom. The first-order valence-electron chi connectivity index (χ1n) is 9.68. The summed E-state index contributed by atoms with van der Waals surface area (Å²) in [7, 11) is 0. The molecule has 0 radical (unpaired) electrons. The number of hydrogen-bond acceptors (Lipinski definition) is 4. The van der Waals surface area contributed by atoms with Gasteiger partial charge in [0, 0.05) is 12.3 Å². The fourth-order valence-corrected chi connectivity index (χ4v) is 4.41. The van der Waals surface area contributed by atoms with Gasteiger partial charge in [-0.25, -0.2) is 9.59 Å². The topological polar surface area (TPSA) is 87.1 Å². The number of aliphatic hydroxyl groups excluding tert-OH is 1. The van der Waals surface area contributed by atoms with Crippen LogP contribution in [0.1, 0.15) is 29.9 Å². The molecule has 0 spiro atoms. The highest BCUT2D eigenvalue weighted by Crippen LogP contribution is 2.46. The van der Waals surface area contributed by atoms with Gasteiger partial charge in [0.2, 0.25) is 0 Å². The molecule has 2 N–H and O–H groups in total. The number of nitrogens with zero attached hydrogens (tertiary/aromatic N) is 1. The predicted molar refractivity (Wildman–Crippen MR) is 108 cm³/mol. The van der Waals surface area contributed by atoms with E-state index >= 15 is 0 Å². The number of carboxylic acid groups (broad SMARTS) is 1. The van der Waals surface area contributed by atoms with Crippen LogP contribution in [0.25, 0.3) is 11.1 Å². The normalized spacial score (nSPS) is 21.3. The maximum atomic E-state index is 12.7. The van der Waals surface area contributed by atoms with E-state index in [0.29, 0.717) is 6.42 Å². The lowest BCUT2D eigenvalue weighted by atomic mass is 9.91. The number of esters is 1. The van der Waals surface area contributed by atoms with Gasteiger partial charge in [0.25, 0.3) is 0 Å². The summed E-state index contributed by atoms with van der Waals surface area (Å²) in [6.45, 7) is 3.72. The number of aliphatic hydroxyl groups is 1. The van der Waals surface area contributed by atoms with Crippen LogP contribution in [-0.2, 0) is 9.53 Å². The Labute approximate surface area is 169 Å². The second kappa shape index (κ2) is 7.72. The van der Waals surface area contributed by atoms with Crippen molar-refractivity contribution in [2.45, 2.75) is 37.0 Å². The molecule has 0 aromatic heterocycles. The Morgan fingerprint density at radius 3 is 2.28 bits per heavy atom. The standard InChI is InChI=1S/C23H23NO5/c1-2-15(29-22(26)21-11-14(25)13-24(21)23(27)28)12-20-18-9-5-3-7-16(18)17-8-4-6-10-19(17)20/h2-10,14-15,20-21,25H,1,11-13H2,(H,27,28)/t14-,15?,21+/m1/s1. The van der Waals surface area contributed by atoms with Crippen LogP contribution in [0.2, 0.25) is 0 Å². The van der Waals surface area contributed by atoms with Gasteiger partial charge in [-0.1, -0.05) is 61.2 Å². The van der Waals surface area contributed by atoms with Gasteiger partial charge in [-0.3, -0.25) is 4.90 Å². The predicted octanol–water partition coefficient (Wildman–Crippen LogP) is 3.40. The summed E-state index contributed by atoms with van der Waals surface area (Å²) >= 11 is 0. The highest BCUT2D eigenvalue weighted by Gasteiger charge is 2.41. The average Bonchev–Trinajstić information content (AvgIpc) is 3.27. The van der Waals surface area contributed by atoms with Crippen molar-refractivity contribution in [2.24, 2.45) is 0 Å². The minimum atomic E-state index is -1.24. The summed E-state index contributed by atoms with van der Waals surface area (Å²) in [6, 6.07) is 15.4. The summed E-state index contributed by atoms with van der Waals surface area (Å²) in [5.41, 5.74) is 4.72. The lowest BCUT2D eigenvalue weighted by molar-refractivity contribution is -0.152. The van der Waals surface area contributed by atoms with Gasteiger partial charge in [0.1, 0.15) is 12.1 Å². The van der Waals surface area contributed by atoms with E-state index in [1.165, 1.54) is 22.3 Å². The van der Waals surface area contributed by atoms with Crippen molar-refractivity contribution in [3.05, 3.63) is 72.3 Å². The molecule has 4 rings (SSSR count). The fourth-order valence-electron chi connectivity index (χ4n) is 4.41. The first-order chi connectivity index (χ1) is 14.0. The maximum Gasteiger partial charge on any atom is 0.408 e. The Bertz CT molecular complexity index is 910. The molecule has 6 heteroatoms. The number of carbonyl (C=O) groups excluding carboxylic acids is 1. The molecule has 2 aromatic rings. The number of hydrogen-bond donors (Lipinski definition) is 2. The van der Waals surface area contributed by atoms with Crippen molar-refractivity contribution < 1.29 is 24.5 Å². The number of amides is 1. The number of benzene rings is 2. The maximum absolute atomic E-state index is 12.7. The molecule has 29 heavy (non-hydrogen) atoms. The van der Waals surface area contributed by atoms with Gasteiger partial charge < -0.3 is 14.9 Å². The molecule has 1 unspecified atom stereocenters. The van der Waals surface area contributed by atoms with Crippen LogP contribution >= 0.6 is 0 Å². The van der Waals surface area contributed by atoms with Crippen LogP contribution in [-0.4, -0.2) is 52.0 Å². The summed E-state index contributed by atoms with van der Waals surface area (Å²) in [4.78, 5) is 24.9. The molecule has 0 bridgehead atoms. The van der Waals surface area contributed by atoms with Crippen LogP contribution in [0.15, 0.2) is 61.2 Å². The summed E-state index contributed by atoms with van der Waals surface area (Å²) in [5.74, 6) is -0.587. The number of β-amino-alcohol motifs (C(OH)–C–C–N with tert-alkyl or cyclic N) is 1. The molecule has 150 valence electrons. The molecule has 2 aliphatic rings. The van der Waals surface area contributed by atoms with Crippen LogP contribution in [0.3, 0.4) is 0 Å². The molecule has 1 aliphatic carbocycles. The molecular formula is C23H23NO5. The van der Waals surface area contributed by atoms with Crippen LogP contribution in [0, 0.1) is 0 Å². The van der Waals surface area contributed by atoms with Crippen molar-refractivity contribution in [3.8, 4) is 11.1 Å². The summed E-state index contributed by atoms with van der Waals surface area (Å²) < 4.78 is 5.63. The fraction of sp³-hybridized carbons (Fsp3) is 0.304. The zero-order valence-corrected chi connectivity index (χ0v) is 15.9. The zero-order chi connectivity index (χ0) is 20.5. The first kappa shape index (κ1) is 19.2. The van der Waals surface area contributed by atoms with E-state index in [2.05, 4.69) is 30.8 Å². The van der Waals surface area contributed by atoms with E-state index in [1.807, 2.05) is 24.3 Å². The molecule has 1 heterocycles. The molecule has 6 nitrogen and oxygen atoms in total. The largest absolute Gasteiger partial charge is 0.465 e. The Morgan fingerprint density at radius 2 is 1.72 bits per heavy atom. The smallest absolute Gasteiger partial charge is 0.408 e. The molecule has 3 atom stereocenters.